The fraction of sp³-hybridized carbons (Fsp3) is 0.889. The first-order valence-electron chi connectivity index (χ1n) is 4.65. The number of unbranched alkanes of at least 4 members (excludes halogenated alkanes) is 1. The molecular weight excluding hydrogens is 193 g/mol. The summed E-state index contributed by atoms with van der Waals surface area (Å²) in [6, 6.07) is 1.92. The van der Waals surface area contributed by atoms with E-state index in [2.05, 4.69) is 0 Å². The number of hydrogen-bond donors (Lipinski definition) is 0. The number of nitriles is 1. The summed E-state index contributed by atoms with van der Waals surface area (Å²) in [5.74, 6) is 0. The summed E-state index contributed by atoms with van der Waals surface area (Å²) in [6.45, 7) is 1.76. The minimum Gasteiger partial charge on any atom is -0.295 e. The van der Waals surface area contributed by atoms with Crippen LogP contribution in [0.3, 0.4) is 0 Å². The molecule has 0 aliphatic rings. The van der Waals surface area contributed by atoms with E-state index in [0.29, 0.717) is 32.4 Å². The fourth-order valence-corrected chi connectivity index (χ4v) is 1.22. The molecule has 0 radical (unpaired) electrons. The third-order valence-electron chi connectivity index (χ3n) is 1.71. The Labute approximate surface area is 82.3 Å². The van der Waals surface area contributed by atoms with Gasteiger partial charge in [-0.05, 0) is 25.9 Å². The molecule has 14 heavy (non-hydrogen) atoms. The minimum absolute atomic E-state index is 0.318. The molecule has 0 N–H and O–H groups in total. The number of nitrogens with zero attached hydrogens (tertiary/aromatic N) is 2. The molecule has 0 amide bonds. The van der Waals surface area contributed by atoms with Gasteiger partial charge in [0.15, 0.2) is 0 Å². The van der Waals surface area contributed by atoms with Crippen LogP contribution in [0.2, 0.25) is 0 Å². The molecule has 82 valence electrons. The Hall–Kier alpha value is -0.760. The Morgan fingerprint density at radius 3 is 2.36 bits per heavy atom. The second-order valence-electron chi connectivity index (χ2n) is 3.15. The molecule has 0 aromatic carbocycles. The lowest BCUT2D eigenvalue weighted by Crippen LogP contribution is -2.35. The molecule has 0 atom stereocenters. The third kappa shape index (κ3) is 7.87. The molecule has 0 spiro atoms. The summed E-state index contributed by atoms with van der Waals surface area (Å²) in [5, 5.41) is 8.25. The lowest BCUT2D eigenvalue weighted by atomic mass is 10.3. The molecule has 0 aliphatic carbocycles. The standard InChI is InChI=1S/C9H15F3N2/c1-2-6-14(7-4-3-5-13)8-9(10,11)12/h2-4,6-8H2,1H3. The van der Waals surface area contributed by atoms with Gasteiger partial charge in [-0.15, -0.1) is 0 Å². The van der Waals surface area contributed by atoms with Gasteiger partial charge in [-0.2, -0.15) is 18.4 Å². The highest BCUT2D eigenvalue weighted by Gasteiger charge is 2.29. The third-order valence-corrected chi connectivity index (χ3v) is 1.71. The Morgan fingerprint density at radius 2 is 1.93 bits per heavy atom. The van der Waals surface area contributed by atoms with Crippen molar-refractivity contribution in [3.8, 4) is 6.07 Å². The van der Waals surface area contributed by atoms with Crippen molar-refractivity contribution in [3.05, 3.63) is 0 Å². The van der Waals surface area contributed by atoms with Crippen LogP contribution < -0.4 is 0 Å². The van der Waals surface area contributed by atoms with E-state index in [4.69, 9.17) is 5.26 Å². The highest BCUT2D eigenvalue weighted by atomic mass is 19.4. The monoisotopic (exact) mass is 208 g/mol. The SMILES string of the molecule is CCCN(CCCC#N)CC(F)(F)F. The first-order valence-corrected chi connectivity index (χ1v) is 4.65. The van der Waals surface area contributed by atoms with Gasteiger partial charge in [0.2, 0.25) is 0 Å². The summed E-state index contributed by atoms with van der Waals surface area (Å²) in [6.07, 6.45) is -2.62. The molecule has 5 heteroatoms. The molecule has 0 bridgehead atoms. The van der Waals surface area contributed by atoms with Crippen molar-refractivity contribution in [2.45, 2.75) is 32.4 Å². The van der Waals surface area contributed by atoms with E-state index < -0.39 is 12.7 Å². The van der Waals surface area contributed by atoms with Gasteiger partial charge in [-0.1, -0.05) is 6.92 Å². The maximum absolute atomic E-state index is 12.0. The fourth-order valence-electron chi connectivity index (χ4n) is 1.22. The summed E-state index contributed by atoms with van der Waals surface area (Å²) >= 11 is 0. The predicted octanol–water partition coefficient (Wildman–Crippen LogP) is 2.56. The van der Waals surface area contributed by atoms with E-state index in [0.717, 1.165) is 0 Å². The highest BCUT2D eigenvalue weighted by Crippen LogP contribution is 2.16. The largest absolute Gasteiger partial charge is 0.401 e. The summed E-state index contributed by atoms with van der Waals surface area (Å²) in [4.78, 5) is 1.34. The van der Waals surface area contributed by atoms with Gasteiger partial charge in [0.1, 0.15) is 0 Å². The van der Waals surface area contributed by atoms with Crippen molar-refractivity contribution >= 4 is 0 Å². The molecule has 0 heterocycles. The Bertz CT molecular complexity index is 183. The summed E-state index contributed by atoms with van der Waals surface area (Å²) in [5.41, 5.74) is 0. The van der Waals surface area contributed by atoms with Crippen LogP contribution in [0, 0.1) is 11.3 Å². The van der Waals surface area contributed by atoms with Crippen LogP contribution in [0.1, 0.15) is 26.2 Å². The van der Waals surface area contributed by atoms with Gasteiger partial charge in [0.25, 0.3) is 0 Å². The first-order chi connectivity index (χ1) is 6.49. The van der Waals surface area contributed by atoms with E-state index in [9.17, 15) is 13.2 Å². The van der Waals surface area contributed by atoms with Crippen molar-refractivity contribution in [1.82, 2.24) is 4.90 Å². The van der Waals surface area contributed by atoms with Gasteiger partial charge in [-0.25, -0.2) is 0 Å². The van der Waals surface area contributed by atoms with E-state index in [1.165, 1.54) is 4.90 Å². The lowest BCUT2D eigenvalue weighted by Gasteiger charge is -2.22. The van der Waals surface area contributed by atoms with Crippen molar-refractivity contribution in [1.29, 1.82) is 5.26 Å². The number of halogens is 3. The van der Waals surface area contributed by atoms with Crippen LogP contribution in [0.4, 0.5) is 13.2 Å². The van der Waals surface area contributed by atoms with Crippen LogP contribution in [-0.2, 0) is 0 Å². The molecule has 0 saturated heterocycles. The predicted molar refractivity (Wildman–Crippen MR) is 47.6 cm³/mol. The quantitative estimate of drug-likeness (QED) is 0.627. The molecular formula is C9H15F3N2. The zero-order valence-electron chi connectivity index (χ0n) is 8.27. The molecule has 0 rings (SSSR count). The number of alkyl halides is 3. The second-order valence-corrected chi connectivity index (χ2v) is 3.15. The zero-order valence-corrected chi connectivity index (χ0v) is 8.27. The Balaban J connectivity index is 3.84. The molecule has 2 nitrogen and oxygen atoms in total. The van der Waals surface area contributed by atoms with Gasteiger partial charge < -0.3 is 0 Å². The zero-order chi connectivity index (χ0) is 11.0. The van der Waals surface area contributed by atoms with Crippen molar-refractivity contribution in [2.24, 2.45) is 0 Å². The summed E-state index contributed by atoms with van der Waals surface area (Å²) in [7, 11) is 0. The van der Waals surface area contributed by atoms with Crippen molar-refractivity contribution in [3.63, 3.8) is 0 Å². The minimum atomic E-state index is -4.14. The normalized spacial score (nSPS) is 11.7. The highest BCUT2D eigenvalue weighted by molar-refractivity contribution is 4.71. The Kier molecular flexibility index (Phi) is 6.30. The maximum atomic E-state index is 12.0. The molecule has 0 unspecified atom stereocenters. The van der Waals surface area contributed by atoms with Crippen molar-refractivity contribution < 1.29 is 13.2 Å². The van der Waals surface area contributed by atoms with E-state index in [1.807, 2.05) is 13.0 Å². The average Bonchev–Trinajstić information content (AvgIpc) is 2.02. The van der Waals surface area contributed by atoms with Crippen molar-refractivity contribution in [2.75, 3.05) is 19.6 Å². The van der Waals surface area contributed by atoms with E-state index in [-0.39, 0.29) is 0 Å². The van der Waals surface area contributed by atoms with E-state index >= 15 is 0 Å². The van der Waals surface area contributed by atoms with Crippen LogP contribution in [0.15, 0.2) is 0 Å². The van der Waals surface area contributed by atoms with Crippen LogP contribution in [0.25, 0.3) is 0 Å². The summed E-state index contributed by atoms with van der Waals surface area (Å²) < 4.78 is 36.1. The first kappa shape index (κ1) is 13.2. The second kappa shape index (κ2) is 6.66. The topological polar surface area (TPSA) is 27.0 Å². The van der Waals surface area contributed by atoms with Crippen LogP contribution >= 0.6 is 0 Å². The van der Waals surface area contributed by atoms with Gasteiger partial charge >= 0.3 is 6.18 Å². The molecule has 0 saturated carbocycles. The van der Waals surface area contributed by atoms with Crippen LogP contribution in [-0.4, -0.2) is 30.7 Å². The smallest absolute Gasteiger partial charge is 0.295 e. The molecule has 0 aromatic heterocycles. The van der Waals surface area contributed by atoms with E-state index in [1.54, 1.807) is 0 Å². The van der Waals surface area contributed by atoms with Gasteiger partial charge in [0.05, 0.1) is 12.6 Å². The lowest BCUT2D eigenvalue weighted by molar-refractivity contribution is -0.146. The average molecular weight is 208 g/mol. The molecule has 0 fully saturated rings. The van der Waals surface area contributed by atoms with Crippen LogP contribution in [0.5, 0.6) is 0 Å². The number of hydrogen-bond acceptors (Lipinski definition) is 2. The number of rotatable bonds is 6. The maximum Gasteiger partial charge on any atom is 0.401 e. The molecule has 0 aliphatic heterocycles. The van der Waals surface area contributed by atoms with Gasteiger partial charge in [0, 0.05) is 6.42 Å². The van der Waals surface area contributed by atoms with Gasteiger partial charge in [-0.3, -0.25) is 4.90 Å². The molecule has 0 aromatic rings. The Morgan fingerprint density at radius 1 is 1.29 bits per heavy atom.